The van der Waals surface area contributed by atoms with Crippen LogP contribution in [0.1, 0.15) is 66.9 Å². The van der Waals surface area contributed by atoms with Gasteiger partial charge in [-0.15, -0.1) is 0 Å². The predicted molar refractivity (Wildman–Crippen MR) is 375 cm³/mol. The quantitative estimate of drug-likeness (QED) is 0.107. The molecular formula is C81H56ClN11. The van der Waals surface area contributed by atoms with Crippen LogP contribution in [-0.2, 0) is 22.7 Å². The summed E-state index contributed by atoms with van der Waals surface area (Å²) in [5.74, 6) is 0. The van der Waals surface area contributed by atoms with E-state index in [0.717, 1.165) is 95.8 Å². The van der Waals surface area contributed by atoms with Crippen LogP contribution in [0, 0.1) is 0 Å². The van der Waals surface area contributed by atoms with Gasteiger partial charge in [-0.2, -0.15) is 0 Å². The van der Waals surface area contributed by atoms with Crippen LogP contribution in [0.2, 0.25) is 5.02 Å². The molecule has 0 atom stereocenters. The highest BCUT2D eigenvalue weighted by atomic mass is 35.5. The Morgan fingerprint density at radius 1 is 0.226 bits per heavy atom. The molecule has 93 heavy (non-hydrogen) atoms. The minimum Gasteiger partial charge on any atom is -0.256 e. The zero-order valence-electron chi connectivity index (χ0n) is 50.1. The van der Waals surface area contributed by atoms with Crippen LogP contribution in [0.25, 0.3) is 0 Å². The summed E-state index contributed by atoms with van der Waals surface area (Å²) in [6, 6.07) is 105. The van der Waals surface area contributed by atoms with E-state index >= 15 is 0 Å². The monoisotopic (exact) mass is 1220 g/mol. The summed E-state index contributed by atoms with van der Waals surface area (Å²) in [6.45, 7) is 0. The van der Waals surface area contributed by atoms with Gasteiger partial charge < -0.3 is 0 Å². The van der Waals surface area contributed by atoms with E-state index in [2.05, 4.69) is 119 Å². The van der Waals surface area contributed by atoms with Crippen molar-refractivity contribution in [2.24, 2.45) is 39.9 Å². The molecule has 0 N–H and O–H groups in total. The largest absolute Gasteiger partial charge is 0.256 e. The first-order valence-electron chi connectivity index (χ1n) is 30.7. The summed E-state index contributed by atoms with van der Waals surface area (Å²) in [7, 11) is 0. The van der Waals surface area contributed by atoms with E-state index in [-0.39, 0.29) is 0 Å². The molecular weight excluding hydrogens is 1160 g/mol. The third kappa shape index (κ3) is 10.4. The highest BCUT2D eigenvalue weighted by Crippen LogP contribution is 2.57. The molecule has 16 rings (SSSR count). The minimum atomic E-state index is -1.47. The van der Waals surface area contributed by atoms with Gasteiger partial charge in [0.05, 0.1) is 51.4 Å². The minimum absolute atomic E-state index is 0.511. The summed E-state index contributed by atoms with van der Waals surface area (Å²) in [6.07, 6.45) is 6.87. The van der Waals surface area contributed by atoms with E-state index in [1.807, 2.05) is 206 Å². The summed E-state index contributed by atoms with van der Waals surface area (Å²) >= 11 is 7.16. The van der Waals surface area contributed by atoms with Crippen LogP contribution >= 0.6 is 11.6 Å². The molecule has 0 bridgehead atoms. The third-order valence-corrected chi connectivity index (χ3v) is 17.2. The fraction of sp³-hybridized carbons (Fsp3) is 0.0494. The second kappa shape index (κ2) is 24.8. The lowest BCUT2D eigenvalue weighted by molar-refractivity contribution is 0.250. The lowest BCUT2D eigenvalue weighted by Gasteiger charge is -2.37. The maximum atomic E-state index is 7.16. The average Bonchev–Trinajstić information content (AvgIpc) is 1.56. The van der Waals surface area contributed by atoms with E-state index in [0.29, 0.717) is 21.8 Å². The smallest absolute Gasteiger partial charge is 0.243 e. The van der Waals surface area contributed by atoms with Gasteiger partial charge in [0.2, 0.25) is 22.7 Å². The van der Waals surface area contributed by atoms with Crippen LogP contribution in [0.3, 0.4) is 0 Å². The van der Waals surface area contributed by atoms with Crippen molar-refractivity contribution >= 4 is 57.3 Å². The Hall–Kier alpha value is -11.9. The van der Waals surface area contributed by atoms with E-state index in [1.54, 1.807) is 18.6 Å². The first-order chi connectivity index (χ1) is 46.0. The zero-order valence-corrected chi connectivity index (χ0v) is 50.9. The third-order valence-electron chi connectivity index (χ3n) is 16.8. The molecule has 10 aromatic carbocycles. The highest BCUT2D eigenvalue weighted by molar-refractivity contribution is 6.57. The number of halogens is 1. The van der Waals surface area contributed by atoms with Crippen molar-refractivity contribution in [3.05, 3.63) is 412 Å². The number of aliphatic imine (C=N–C) groups is 8. The molecule has 442 valence electrons. The standard InChI is InChI=1S/C41H28ClN5.C40H28N6/c42-34-26-14-13-25-33(34)40(44-36(29-17-5-1-6-18-29)37(45-40)30-19-7-2-8-20-30)41(35-27-15-16-28-43-35)46-38(31-21-9-3-10-22-31)39(47-41)32-23-11-4-12-24-32;1-6-16-29(17-7-1)35-36(30-18-8-2-9-19-30)44-39(43-35,33-24-14-5-15-25-33)40(34-26-41-28-42-27-34)45-37(31-20-10-3-11-21-31)38(46-40)32-22-12-4-13-23-32/h1-28H;1-28H. The number of hydrogen-bond acceptors (Lipinski definition) is 11. The Morgan fingerprint density at radius 3 is 0.785 bits per heavy atom. The SMILES string of the molecule is Clc1ccccc1C1(C2(c3ccccn3)N=C(c3ccccc3)C(c3ccccc3)=N2)N=C(c2ccccc2)C(c2ccccc2)=N1.c1ccc(C2=NC(c3ccccc3)(C3(c4cncnc4)N=C(c4ccccc4)C(c4ccccc4)=N3)N=C2c2ccccc2)cc1. The number of benzene rings is 10. The molecule has 0 aliphatic carbocycles. The van der Waals surface area contributed by atoms with Crippen LogP contribution in [-0.4, -0.2) is 60.6 Å². The number of rotatable bonds is 14. The Kier molecular flexibility index (Phi) is 15.3. The van der Waals surface area contributed by atoms with E-state index in [4.69, 9.17) is 56.5 Å². The fourth-order valence-corrected chi connectivity index (χ4v) is 12.8. The molecule has 4 aliphatic rings. The zero-order chi connectivity index (χ0) is 62.5. The first-order valence-corrected chi connectivity index (χ1v) is 31.0. The van der Waals surface area contributed by atoms with Gasteiger partial charge in [-0.3, -0.25) is 4.98 Å². The van der Waals surface area contributed by atoms with Crippen LogP contribution in [0.15, 0.2) is 380 Å². The van der Waals surface area contributed by atoms with Gasteiger partial charge in [-0.05, 0) is 18.2 Å². The Balaban J connectivity index is 0.000000154. The number of hydrogen-bond donors (Lipinski definition) is 0. The van der Waals surface area contributed by atoms with Gasteiger partial charge in [0, 0.05) is 84.8 Å². The molecule has 0 radical (unpaired) electrons. The van der Waals surface area contributed by atoms with Crippen molar-refractivity contribution in [3.63, 3.8) is 0 Å². The first kappa shape index (κ1) is 57.5. The van der Waals surface area contributed by atoms with Crippen molar-refractivity contribution < 1.29 is 0 Å². The molecule has 12 aromatic rings. The number of pyridine rings is 1. The van der Waals surface area contributed by atoms with Gasteiger partial charge in [0.1, 0.15) is 6.33 Å². The lowest BCUT2D eigenvalue weighted by atomic mass is 9.83. The lowest BCUT2D eigenvalue weighted by Crippen LogP contribution is -2.44. The molecule has 0 unspecified atom stereocenters. The topological polar surface area (TPSA) is 138 Å². The van der Waals surface area contributed by atoms with Gasteiger partial charge in [-0.25, -0.2) is 49.9 Å². The summed E-state index contributed by atoms with van der Waals surface area (Å²) in [5, 5.41) is 0.511. The Labute approximate surface area is 544 Å². The van der Waals surface area contributed by atoms with Crippen molar-refractivity contribution in [1.29, 1.82) is 0 Å². The van der Waals surface area contributed by atoms with Gasteiger partial charge >= 0.3 is 0 Å². The molecule has 2 aromatic heterocycles. The summed E-state index contributed by atoms with van der Waals surface area (Å²) in [5.41, 5.74) is 10.7. The van der Waals surface area contributed by atoms with Crippen LogP contribution in [0.4, 0.5) is 0 Å². The van der Waals surface area contributed by atoms with Crippen LogP contribution in [0.5, 0.6) is 0 Å². The van der Waals surface area contributed by atoms with Crippen molar-refractivity contribution in [2.45, 2.75) is 22.7 Å². The molecule has 0 fully saturated rings. The Morgan fingerprint density at radius 2 is 0.484 bits per heavy atom. The number of aromatic nitrogens is 3. The molecule has 0 spiro atoms. The fourth-order valence-electron chi connectivity index (χ4n) is 12.5. The normalized spacial score (nSPS) is 16.2. The molecule has 12 heteroatoms. The predicted octanol–water partition coefficient (Wildman–Crippen LogP) is 16.2. The van der Waals surface area contributed by atoms with Crippen LogP contribution < -0.4 is 0 Å². The number of nitrogens with zero attached hydrogens (tertiary/aromatic N) is 11. The van der Waals surface area contributed by atoms with Crippen molar-refractivity contribution in [2.75, 3.05) is 0 Å². The molecule has 4 aliphatic heterocycles. The van der Waals surface area contributed by atoms with Crippen molar-refractivity contribution in [1.82, 2.24) is 15.0 Å². The second-order valence-electron chi connectivity index (χ2n) is 22.5. The van der Waals surface area contributed by atoms with Gasteiger partial charge in [0.15, 0.2) is 0 Å². The molecule has 6 heterocycles. The molecule has 0 saturated heterocycles. The second-order valence-corrected chi connectivity index (χ2v) is 22.9. The Bertz CT molecular complexity index is 4540. The summed E-state index contributed by atoms with van der Waals surface area (Å²) < 4.78 is 0. The highest BCUT2D eigenvalue weighted by Gasteiger charge is 2.63. The van der Waals surface area contributed by atoms with Gasteiger partial charge in [0.25, 0.3) is 0 Å². The van der Waals surface area contributed by atoms with E-state index in [9.17, 15) is 0 Å². The summed E-state index contributed by atoms with van der Waals surface area (Å²) in [4.78, 5) is 59.0. The maximum Gasteiger partial charge on any atom is 0.243 e. The average molecular weight is 1220 g/mol. The molecule has 11 nitrogen and oxygen atoms in total. The van der Waals surface area contributed by atoms with Gasteiger partial charge in [-0.1, -0.05) is 309 Å². The van der Waals surface area contributed by atoms with Crippen molar-refractivity contribution in [3.8, 4) is 0 Å². The molecule has 0 saturated carbocycles. The molecule has 0 amide bonds. The van der Waals surface area contributed by atoms with E-state index < -0.39 is 22.7 Å². The van der Waals surface area contributed by atoms with E-state index in [1.165, 1.54) is 6.33 Å². The maximum absolute atomic E-state index is 7.16.